The van der Waals surface area contributed by atoms with Crippen LogP contribution < -0.4 is 15.5 Å². The molecule has 1 aliphatic heterocycles. The molecule has 0 atom stereocenters. The van der Waals surface area contributed by atoms with Crippen LogP contribution in [-0.4, -0.2) is 53.0 Å². The minimum absolute atomic E-state index is 0.0362. The minimum Gasteiger partial charge on any atom is -0.368 e. The number of anilines is 3. The van der Waals surface area contributed by atoms with Gasteiger partial charge in [-0.25, -0.2) is 9.78 Å². The summed E-state index contributed by atoms with van der Waals surface area (Å²) in [5.74, 6) is 0.177. The van der Waals surface area contributed by atoms with E-state index in [4.69, 9.17) is 11.6 Å². The summed E-state index contributed by atoms with van der Waals surface area (Å²) in [6.07, 6.45) is -4.63. The number of benzene rings is 3. The van der Waals surface area contributed by atoms with Gasteiger partial charge in [-0.15, -0.1) is 0 Å². The molecule has 38 heavy (non-hydrogen) atoms. The van der Waals surface area contributed by atoms with Gasteiger partial charge in [0.05, 0.1) is 21.6 Å². The van der Waals surface area contributed by atoms with Crippen LogP contribution in [0.15, 0.2) is 66.7 Å². The number of hydrogen-bond donors (Lipinski definition) is 3. The molecule has 0 radical (unpaired) electrons. The third-order valence-electron chi connectivity index (χ3n) is 6.18. The van der Waals surface area contributed by atoms with Crippen LogP contribution in [0.1, 0.15) is 16.2 Å². The van der Waals surface area contributed by atoms with Crippen LogP contribution >= 0.6 is 11.6 Å². The number of aromatic nitrogens is 2. The molecule has 12 heteroatoms. The number of carbonyl (C=O) groups excluding carboxylic acids is 2. The Balaban J connectivity index is 1.15. The summed E-state index contributed by atoms with van der Waals surface area (Å²) in [4.78, 5) is 36.5. The van der Waals surface area contributed by atoms with Crippen molar-refractivity contribution in [3.63, 3.8) is 0 Å². The summed E-state index contributed by atoms with van der Waals surface area (Å²) in [6, 6.07) is 17.0. The highest BCUT2D eigenvalue weighted by Gasteiger charge is 2.33. The Hall–Kier alpha value is -4.25. The molecule has 2 heterocycles. The molecule has 4 aromatic rings. The zero-order valence-corrected chi connectivity index (χ0v) is 20.6. The van der Waals surface area contributed by atoms with E-state index in [1.54, 1.807) is 17.0 Å². The van der Waals surface area contributed by atoms with Crippen LogP contribution in [0.5, 0.6) is 0 Å². The standard InChI is InChI=1S/C26H22ClF3N6O2/c27-20-10-7-17(15-19(20)26(28,29)30)32-25(38)31-16-5-8-18(9-6-16)35-11-13-36(14-12-35)24(37)23-33-21-3-1-2-4-22(21)34-23/h1-10,15H,11-14H2,(H,33,34)(H2,31,32,38). The van der Waals surface area contributed by atoms with Gasteiger partial charge in [-0.1, -0.05) is 23.7 Å². The predicted molar refractivity (Wildman–Crippen MR) is 140 cm³/mol. The largest absolute Gasteiger partial charge is 0.417 e. The van der Waals surface area contributed by atoms with E-state index in [-0.39, 0.29) is 11.6 Å². The number of rotatable bonds is 4. The molecule has 3 aromatic carbocycles. The van der Waals surface area contributed by atoms with E-state index in [0.717, 1.165) is 28.9 Å². The Morgan fingerprint density at radius 1 is 0.895 bits per heavy atom. The maximum Gasteiger partial charge on any atom is 0.417 e. The molecule has 1 aliphatic rings. The number of nitrogens with zero attached hydrogens (tertiary/aromatic N) is 3. The van der Waals surface area contributed by atoms with Gasteiger partial charge in [0.1, 0.15) is 0 Å². The first kappa shape index (κ1) is 25.4. The fraction of sp³-hybridized carbons (Fsp3) is 0.192. The van der Waals surface area contributed by atoms with Gasteiger partial charge in [-0.05, 0) is 54.6 Å². The first-order valence-electron chi connectivity index (χ1n) is 11.7. The molecule has 5 rings (SSSR count). The summed E-state index contributed by atoms with van der Waals surface area (Å²) in [5, 5.41) is 4.53. The van der Waals surface area contributed by atoms with Crippen LogP contribution in [0.3, 0.4) is 0 Å². The average molecular weight is 543 g/mol. The Morgan fingerprint density at radius 2 is 1.55 bits per heavy atom. The van der Waals surface area contributed by atoms with Gasteiger partial charge < -0.3 is 25.4 Å². The summed E-state index contributed by atoms with van der Waals surface area (Å²) in [5.41, 5.74) is 1.88. The highest BCUT2D eigenvalue weighted by molar-refractivity contribution is 6.31. The van der Waals surface area contributed by atoms with E-state index in [2.05, 4.69) is 25.5 Å². The number of piperazine rings is 1. The highest BCUT2D eigenvalue weighted by Crippen LogP contribution is 2.36. The molecule has 1 aromatic heterocycles. The fourth-order valence-corrected chi connectivity index (χ4v) is 4.47. The number of carbonyl (C=O) groups is 2. The van der Waals surface area contributed by atoms with Gasteiger partial charge in [-0.3, -0.25) is 4.79 Å². The van der Waals surface area contributed by atoms with E-state index in [1.807, 2.05) is 36.4 Å². The smallest absolute Gasteiger partial charge is 0.368 e. The molecule has 3 N–H and O–H groups in total. The summed E-state index contributed by atoms with van der Waals surface area (Å²) in [6.45, 7) is 2.30. The second kappa shape index (κ2) is 10.3. The molecule has 1 saturated heterocycles. The number of amides is 3. The molecular formula is C26H22ClF3N6O2. The number of imidazole rings is 1. The third-order valence-corrected chi connectivity index (χ3v) is 6.51. The topological polar surface area (TPSA) is 93.4 Å². The lowest BCUT2D eigenvalue weighted by Gasteiger charge is -2.35. The van der Waals surface area contributed by atoms with Crippen LogP contribution in [0.4, 0.5) is 35.0 Å². The monoisotopic (exact) mass is 542 g/mol. The van der Waals surface area contributed by atoms with Crippen LogP contribution in [0, 0.1) is 0 Å². The van der Waals surface area contributed by atoms with Crippen molar-refractivity contribution in [1.82, 2.24) is 14.9 Å². The quantitative estimate of drug-likeness (QED) is 0.302. The second-order valence-electron chi connectivity index (χ2n) is 8.70. The number of H-pyrrole nitrogens is 1. The van der Waals surface area contributed by atoms with Gasteiger partial charge in [0, 0.05) is 43.2 Å². The lowest BCUT2D eigenvalue weighted by molar-refractivity contribution is -0.137. The van der Waals surface area contributed by atoms with E-state index in [0.29, 0.717) is 37.7 Å². The second-order valence-corrected chi connectivity index (χ2v) is 9.11. The fourth-order valence-electron chi connectivity index (χ4n) is 4.24. The molecule has 0 saturated carbocycles. The molecule has 8 nitrogen and oxygen atoms in total. The molecule has 1 fully saturated rings. The summed E-state index contributed by atoms with van der Waals surface area (Å²) < 4.78 is 39.1. The molecule has 0 unspecified atom stereocenters. The first-order chi connectivity index (χ1) is 18.2. The van der Waals surface area contributed by atoms with E-state index >= 15 is 0 Å². The van der Waals surface area contributed by atoms with Crippen molar-refractivity contribution in [3.05, 3.63) is 83.1 Å². The summed E-state index contributed by atoms with van der Waals surface area (Å²) in [7, 11) is 0. The number of alkyl halides is 3. The number of hydrogen-bond acceptors (Lipinski definition) is 4. The maximum absolute atomic E-state index is 13.0. The van der Waals surface area contributed by atoms with Crippen LogP contribution in [-0.2, 0) is 6.18 Å². The average Bonchev–Trinajstić information content (AvgIpc) is 3.34. The highest BCUT2D eigenvalue weighted by atomic mass is 35.5. The number of halogens is 4. The van der Waals surface area contributed by atoms with Gasteiger partial charge >= 0.3 is 12.2 Å². The van der Waals surface area contributed by atoms with Crippen molar-refractivity contribution in [3.8, 4) is 0 Å². The Morgan fingerprint density at radius 3 is 2.24 bits per heavy atom. The number of para-hydroxylation sites is 2. The lowest BCUT2D eigenvalue weighted by Crippen LogP contribution is -2.49. The Labute approximate surface area is 220 Å². The van der Waals surface area contributed by atoms with E-state index in [9.17, 15) is 22.8 Å². The molecule has 196 valence electrons. The first-order valence-corrected chi connectivity index (χ1v) is 12.1. The molecule has 3 amide bonds. The molecule has 0 aliphatic carbocycles. The Bertz CT molecular complexity index is 1450. The van der Waals surface area contributed by atoms with Gasteiger partial charge in [0.15, 0.2) is 5.82 Å². The number of nitrogens with one attached hydrogen (secondary N) is 3. The molecule has 0 bridgehead atoms. The van der Waals surface area contributed by atoms with Crippen molar-refractivity contribution in [2.24, 2.45) is 0 Å². The summed E-state index contributed by atoms with van der Waals surface area (Å²) >= 11 is 5.62. The van der Waals surface area contributed by atoms with Crippen molar-refractivity contribution in [2.45, 2.75) is 6.18 Å². The van der Waals surface area contributed by atoms with Crippen molar-refractivity contribution >= 4 is 51.6 Å². The lowest BCUT2D eigenvalue weighted by atomic mass is 10.2. The zero-order valence-electron chi connectivity index (χ0n) is 19.8. The minimum atomic E-state index is -4.63. The number of aromatic amines is 1. The predicted octanol–water partition coefficient (Wildman–Crippen LogP) is 5.84. The van der Waals surface area contributed by atoms with Crippen molar-refractivity contribution < 1.29 is 22.8 Å². The third kappa shape index (κ3) is 5.52. The number of fused-ring (bicyclic) bond motifs is 1. The SMILES string of the molecule is O=C(Nc1ccc(N2CCN(C(=O)c3nc4ccccc4[nH]3)CC2)cc1)Nc1ccc(Cl)c(C(F)(F)F)c1. The molecule has 0 spiro atoms. The van der Waals surface area contributed by atoms with Crippen molar-refractivity contribution in [2.75, 3.05) is 41.7 Å². The molecular weight excluding hydrogens is 521 g/mol. The van der Waals surface area contributed by atoms with Crippen LogP contribution in [0.25, 0.3) is 11.0 Å². The zero-order chi connectivity index (χ0) is 26.9. The Kier molecular flexibility index (Phi) is 6.85. The normalized spacial score (nSPS) is 14.0. The van der Waals surface area contributed by atoms with Gasteiger partial charge in [0.25, 0.3) is 5.91 Å². The maximum atomic E-state index is 13.0. The van der Waals surface area contributed by atoms with E-state index < -0.39 is 22.8 Å². The van der Waals surface area contributed by atoms with Crippen LogP contribution in [0.2, 0.25) is 5.02 Å². The van der Waals surface area contributed by atoms with E-state index in [1.165, 1.54) is 6.07 Å². The van der Waals surface area contributed by atoms with Crippen molar-refractivity contribution in [1.29, 1.82) is 0 Å². The van der Waals surface area contributed by atoms with Gasteiger partial charge in [0.2, 0.25) is 0 Å². The number of urea groups is 1. The van der Waals surface area contributed by atoms with Gasteiger partial charge in [-0.2, -0.15) is 13.2 Å².